The lowest BCUT2D eigenvalue weighted by atomic mass is 10.0. The molecule has 2 heteroatoms. The fourth-order valence-corrected chi connectivity index (χ4v) is 4.48. The van der Waals surface area contributed by atoms with Gasteiger partial charge >= 0.3 is 0 Å². The van der Waals surface area contributed by atoms with Gasteiger partial charge in [0.05, 0.1) is 0 Å². The van der Waals surface area contributed by atoms with Crippen molar-refractivity contribution in [2.45, 2.75) is 77.2 Å². The molecule has 1 aliphatic rings. The van der Waals surface area contributed by atoms with Crippen LogP contribution >= 0.6 is 11.3 Å². The maximum atomic E-state index is 3.52. The third kappa shape index (κ3) is 4.32. The van der Waals surface area contributed by atoms with Crippen molar-refractivity contribution in [3.05, 3.63) is 21.4 Å². The minimum Gasteiger partial charge on any atom is -0.312 e. The molecule has 0 aromatic carbocycles. The van der Waals surface area contributed by atoms with Crippen LogP contribution in [0.4, 0.5) is 0 Å². The minimum atomic E-state index is 0.599. The normalized spacial score (nSPS) is 15.7. The van der Waals surface area contributed by atoms with Gasteiger partial charge in [0.1, 0.15) is 0 Å². The first kappa shape index (κ1) is 15.1. The van der Waals surface area contributed by atoms with Gasteiger partial charge in [-0.2, -0.15) is 0 Å². The number of unbranched alkanes of at least 4 members (excludes halogenated alkanes) is 5. The molecule has 1 nitrogen and oxygen atoms in total. The molecule has 0 saturated heterocycles. The van der Waals surface area contributed by atoms with Crippen LogP contribution in [0.5, 0.6) is 0 Å². The Morgan fingerprint density at radius 2 is 1.95 bits per heavy atom. The lowest BCUT2D eigenvalue weighted by Crippen LogP contribution is -2.15. The fraction of sp³-hybridized carbons (Fsp3) is 0.765. The van der Waals surface area contributed by atoms with Gasteiger partial charge < -0.3 is 5.32 Å². The van der Waals surface area contributed by atoms with Crippen molar-refractivity contribution in [3.63, 3.8) is 0 Å². The van der Waals surface area contributed by atoms with Gasteiger partial charge in [-0.25, -0.2) is 0 Å². The second kappa shape index (κ2) is 8.06. The summed E-state index contributed by atoms with van der Waals surface area (Å²) in [6, 6.07) is 3.08. The third-order valence-corrected chi connectivity index (χ3v) is 5.65. The number of aryl methyl sites for hydroxylation is 2. The molecule has 1 N–H and O–H groups in total. The first-order valence-electron chi connectivity index (χ1n) is 8.14. The molecule has 2 rings (SSSR count). The summed E-state index contributed by atoms with van der Waals surface area (Å²) in [6.45, 7) is 2.28. The zero-order chi connectivity index (χ0) is 13.5. The number of nitrogens with one attached hydrogen (secondary N) is 1. The molecule has 1 unspecified atom stereocenters. The van der Waals surface area contributed by atoms with Gasteiger partial charge in [0.25, 0.3) is 0 Å². The first-order valence-corrected chi connectivity index (χ1v) is 8.95. The molecule has 0 bridgehead atoms. The predicted molar refractivity (Wildman–Crippen MR) is 86.1 cm³/mol. The summed E-state index contributed by atoms with van der Waals surface area (Å²) < 4.78 is 0. The highest BCUT2D eigenvalue weighted by Gasteiger charge is 2.18. The summed E-state index contributed by atoms with van der Waals surface area (Å²) in [5.74, 6) is 0. The number of hydrogen-bond donors (Lipinski definition) is 1. The first-order chi connectivity index (χ1) is 9.35. The average molecular weight is 279 g/mol. The maximum Gasteiger partial charge on any atom is 0.0412 e. The number of rotatable bonds is 9. The Labute approximate surface area is 122 Å². The Hall–Kier alpha value is -0.340. The van der Waals surface area contributed by atoms with Crippen molar-refractivity contribution in [2.75, 3.05) is 7.05 Å². The summed E-state index contributed by atoms with van der Waals surface area (Å²) >= 11 is 2.06. The van der Waals surface area contributed by atoms with Crippen LogP contribution in [0.15, 0.2) is 6.07 Å². The van der Waals surface area contributed by atoms with E-state index in [4.69, 9.17) is 0 Å². The molecule has 1 aliphatic carbocycles. The Morgan fingerprint density at radius 3 is 2.68 bits per heavy atom. The van der Waals surface area contributed by atoms with Gasteiger partial charge in [-0.05, 0) is 44.4 Å². The van der Waals surface area contributed by atoms with E-state index in [2.05, 4.69) is 36.7 Å². The number of fused-ring (bicyclic) bond motifs is 1. The summed E-state index contributed by atoms with van der Waals surface area (Å²) in [4.78, 5) is 3.25. The van der Waals surface area contributed by atoms with Crippen LogP contribution < -0.4 is 5.32 Å². The molecule has 1 aromatic heterocycles. The zero-order valence-corrected chi connectivity index (χ0v) is 13.5. The van der Waals surface area contributed by atoms with Crippen molar-refractivity contribution in [2.24, 2.45) is 0 Å². The second-order valence-electron chi connectivity index (χ2n) is 5.85. The van der Waals surface area contributed by atoms with Gasteiger partial charge in [0.15, 0.2) is 0 Å². The Morgan fingerprint density at radius 1 is 1.16 bits per heavy atom. The molecule has 0 amide bonds. The average Bonchev–Trinajstić information content (AvgIpc) is 2.99. The van der Waals surface area contributed by atoms with Crippen LogP contribution in [0.2, 0.25) is 0 Å². The van der Waals surface area contributed by atoms with E-state index in [-0.39, 0.29) is 0 Å². The molecule has 0 aliphatic heterocycles. The summed E-state index contributed by atoms with van der Waals surface area (Å²) in [5, 5.41) is 3.52. The molecular weight excluding hydrogens is 250 g/mol. The van der Waals surface area contributed by atoms with Crippen LogP contribution in [-0.2, 0) is 12.8 Å². The Balaban J connectivity index is 1.73. The maximum absolute atomic E-state index is 3.52. The highest BCUT2D eigenvalue weighted by molar-refractivity contribution is 7.12. The van der Waals surface area contributed by atoms with Crippen molar-refractivity contribution in [3.8, 4) is 0 Å². The molecule has 1 aromatic rings. The van der Waals surface area contributed by atoms with E-state index >= 15 is 0 Å². The van der Waals surface area contributed by atoms with Crippen molar-refractivity contribution >= 4 is 11.3 Å². The van der Waals surface area contributed by atoms with Crippen molar-refractivity contribution < 1.29 is 0 Å². The van der Waals surface area contributed by atoms with E-state index in [1.54, 1.807) is 15.3 Å². The van der Waals surface area contributed by atoms with Gasteiger partial charge in [0.2, 0.25) is 0 Å². The van der Waals surface area contributed by atoms with E-state index in [9.17, 15) is 0 Å². The van der Waals surface area contributed by atoms with Gasteiger partial charge in [0, 0.05) is 15.8 Å². The van der Waals surface area contributed by atoms with Crippen LogP contribution in [0.1, 0.15) is 79.6 Å². The molecule has 0 saturated carbocycles. The molecule has 0 radical (unpaired) electrons. The second-order valence-corrected chi connectivity index (χ2v) is 7.02. The molecule has 1 atom stereocenters. The van der Waals surface area contributed by atoms with E-state index in [0.717, 1.165) is 0 Å². The lowest BCUT2D eigenvalue weighted by molar-refractivity contribution is 0.503. The largest absolute Gasteiger partial charge is 0.312 e. The van der Waals surface area contributed by atoms with Crippen molar-refractivity contribution in [1.29, 1.82) is 0 Å². The Kier molecular flexibility index (Phi) is 6.39. The lowest BCUT2D eigenvalue weighted by Gasteiger charge is -2.14. The molecule has 0 fully saturated rings. The monoisotopic (exact) mass is 279 g/mol. The molecule has 108 valence electrons. The van der Waals surface area contributed by atoms with Gasteiger partial charge in [-0.15, -0.1) is 11.3 Å². The van der Waals surface area contributed by atoms with E-state index < -0.39 is 0 Å². The molecule has 1 heterocycles. The van der Waals surface area contributed by atoms with Crippen molar-refractivity contribution in [1.82, 2.24) is 5.32 Å². The molecule has 19 heavy (non-hydrogen) atoms. The highest BCUT2D eigenvalue weighted by Crippen LogP contribution is 2.35. The number of thiophene rings is 1. The Bertz CT molecular complexity index is 348. The van der Waals surface area contributed by atoms with Crippen LogP contribution in [0, 0.1) is 0 Å². The smallest absolute Gasteiger partial charge is 0.0412 e. The van der Waals surface area contributed by atoms with Crippen LogP contribution in [0.3, 0.4) is 0 Å². The van der Waals surface area contributed by atoms with E-state index in [1.807, 2.05) is 0 Å². The minimum absolute atomic E-state index is 0.599. The van der Waals surface area contributed by atoms with E-state index in [0.29, 0.717) is 6.04 Å². The summed E-state index contributed by atoms with van der Waals surface area (Å²) in [7, 11) is 2.12. The quantitative estimate of drug-likeness (QED) is 0.609. The SMILES string of the molecule is CCCCCCCCC(NC)c1cc2c(s1)CCC2. The fourth-order valence-electron chi connectivity index (χ4n) is 3.08. The van der Waals surface area contributed by atoms with Crippen LogP contribution in [0.25, 0.3) is 0 Å². The van der Waals surface area contributed by atoms with Crippen LogP contribution in [-0.4, -0.2) is 7.05 Å². The highest BCUT2D eigenvalue weighted by atomic mass is 32.1. The topological polar surface area (TPSA) is 12.0 Å². The summed E-state index contributed by atoms with van der Waals surface area (Å²) in [6.07, 6.45) is 13.7. The molecular formula is C17H29NS. The number of hydrogen-bond acceptors (Lipinski definition) is 2. The molecule has 0 spiro atoms. The summed E-state index contributed by atoms with van der Waals surface area (Å²) in [5.41, 5.74) is 1.64. The van der Waals surface area contributed by atoms with Gasteiger partial charge in [-0.1, -0.05) is 45.4 Å². The predicted octanol–water partition coefficient (Wildman–Crippen LogP) is 5.25. The standard InChI is InChI=1S/C17H29NS/c1-3-4-5-6-7-8-11-15(18-2)17-13-14-10-9-12-16(14)19-17/h13,15,18H,3-12H2,1-2H3. The van der Waals surface area contributed by atoms with E-state index in [1.165, 1.54) is 64.2 Å². The zero-order valence-electron chi connectivity index (χ0n) is 12.6. The third-order valence-electron chi connectivity index (χ3n) is 4.30. The van der Waals surface area contributed by atoms with Gasteiger partial charge in [-0.3, -0.25) is 0 Å².